The number of benzene rings is 1. The lowest BCUT2D eigenvalue weighted by Gasteiger charge is -1.92. The molecule has 0 radical (unpaired) electrons. The van der Waals surface area contributed by atoms with E-state index in [-0.39, 0.29) is 0 Å². The quantitative estimate of drug-likeness (QED) is 0.730. The van der Waals surface area contributed by atoms with E-state index in [1.54, 1.807) is 11.8 Å². The third-order valence-corrected chi connectivity index (χ3v) is 2.99. The van der Waals surface area contributed by atoms with Gasteiger partial charge >= 0.3 is 0 Å². The smallest absolute Gasteiger partial charge is 0.0670 e. The molecule has 0 aromatic heterocycles. The van der Waals surface area contributed by atoms with Gasteiger partial charge in [0.25, 0.3) is 0 Å². The van der Waals surface area contributed by atoms with Crippen LogP contribution < -0.4 is 0 Å². The molecule has 1 rings (SSSR count). The third-order valence-electron chi connectivity index (χ3n) is 1.03. The summed E-state index contributed by atoms with van der Waals surface area (Å²) in [5, 5.41) is 2.00. The van der Waals surface area contributed by atoms with Crippen LogP contribution in [0.2, 0.25) is 0 Å². The van der Waals surface area contributed by atoms with Crippen LogP contribution in [-0.4, -0.2) is 0 Å². The molecule has 0 atom stereocenters. The summed E-state index contributed by atoms with van der Waals surface area (Å²) in [4.78, 5) is 1.24. The molecule has 0 aliphatic rings. The number of hydrogen-bond acceptors (Lipinski definition) is 1. The van der Waals surface area contributed by atoms with Crippen molar-refractivity contribution in [2.75, 3.05) is 0 Å². The average molecular weight is 294 g/mol. The first-order valence-corrected chi connectivity index (χ1v) is 5.48. The summed E-state index contributed by atoms with van der Waals surface area (Å²) in [6.07, 6.45) is 0. The van der Waals surface area contributed by atoms with Crippen molar-refractivity contribution in [2.24, 2.45) is 0 Å². The molecular weight excluding hydrogens is 288 g/mol. The highest BCUT2D eigenvalue weighted by atomic mass is 79.9. The van der Waals surface area contributed by atoms with Crippen LogP contribution in [0, 0.1) is 0 Å². The predicted molar refractivity (Wildman–Crippen MR) is 58.2 cm³/mol. The lowest BCUT2D eigenvalue weighted by Crippen LogP contribution is -1.63. The van der Waals surface area contributed by atoms with Gasteiger partial charge in [0, 0.05) is 4.90 Å². The van der Waals surface area contributed by atoms with Gasteiger partial charge in [-0.25, -0.2) is 0 Å². The molecule has 0 aliphatic carbocycles. The van der Waals surface area contributed by atoms with Crippen LogP contribution in [0.25, 0.3) is 0 Å². The van der Waals surface area contributed by atoms with Crippen LogP contribution >= 0.6 is 43.6 Å². The predicted octanol–water partition coefficient (Wildman–Crippen LogP) is 4.37. The molecule has 0 bridgehead atoms. The maximum atomic E-state index is 3.29. The fourth-order valence-corrected chi connectivity index (χ4v) is 1.71. The van der Waals surface area contributed by atoms with Crippen molar-refractivity contribution in [3.8, 4) is 0 Å². The summed E-state index contributed by atoms with van der Waals surface area (Å²) in [6, 6.07) is 10.2. The zero-order chi connectivity index (χ0) is 8.10. The molecule has 0 nitrogen and oxygen atoms in total. The second kappa shape index (κ2) is 5.01. The van der Waals surface area contributed by atoms with Gasteiger partial charge < -0.3 is 0 Å². The van der Waals surface area contributed by atoms with Gasteiger partial charge in [-0.2, -0.15) is 0 Å². The fraction of sp³-hybridized carbons (Fsp3) is 0. The van der Waals surface area contributed by atoms with Crippen molar-refractivity contribution >= 4 is 43.6 Å². The number of hydrogen-bond donors (Lipinski definition) is 0. The van der Waals surface area contributed by atoms with Gasteiger partial charge in [-0.3, -0.25) is 0 Å². The molecule has 0 N–H and O–H groups in total. The SMILES string of the molecule is BrC(Br)=CSc1ccccc1. The number of halogens is 2. The molecule has 0 saturated carbocycles. The zero-order valence-electron chi connectivity index (χ0n) is 5.63. The van der Waals surface area contributed by atoms with Crippen LogP contribution in [-0.2, 0) is 0 Å². The second-order valence-corrected chi connectivity index (χ2v) is 5.55. The molecule has 1 aromatic rings. The Morgan fingerprint density at radius 1 is 1.18 bits per heavy atom. The first-order chi connectivity index (χ1) is 5.29. The van der Waals surface area contributed by atoms with Crippen LogP contribution in [0.1, 0.15) is 0 Å². The Morgan fingerprint density at radius 2 is 1.82 bits per heavy atom. The van der Waals surface area contributed by atoms with E-state index < -0.39 is 0 Å². The summed E-state index contributed by atoms with van der Waals surface area (Å²) in [6.45, 7) is 0. The van der Waals surface area contributed by atoms with Gasteiger partial charge in [0.2, 0.25) is 0 Å². The molecule has 0 spiro atoms. The van der Waals surface area contributed by atoms with Crippen LogP contribution in [0.3, 0.4) is 0 Å². The van der Waals surface area contributed by atoms with E-state index in [0.29, 0.717) is 0 Å². The van der Waals surface area contributed by atoms with Gasteiger partial charge in [0.15, 0.2) is 0 Å². The minimum Gasteiger partial charge on any atom is -0.0963 e. The summed E-state index contributed by atoms with van der Waals surface area (Å²) in [5.74, 6) is 0. The van der Waals surface area contributed by atoms with Crippen molar-refractivity contribution in [1.82, 2.24) is 0 Å². The first-order valence-electron chi connectivity index (χ1n) is 3.02. The number of thioether (sulfide) groups is 1. The molecule has 0 aliphatic heterocycles. The Balaban J connectivity index is 2.59. The van der Waals surface area contributed by atoms with E-state index in [1.165, 1.54) is 4.90 Å². The molecular formula is C8H6Br2S. The highest BCUT2D eigenvalue weighted by Crippen LogP contribution is 2.24. The summed E-state index contributed by atoms with van der Waals surface area (Å²) in [7, 11) is 0. The molecule has 11 heavy (non-hydrogen) atoms. The van der Waals surface area contributed by atoms with Crippen LogP contribution in [0.15, 0.2) is 44.0 Å². The van der Waals surface area contributed by atoms with E-state index in [0.717, 1.165) is 3.39 Å². The minimum atomic E-state index is 0.971. The van der Waals surface area contributed by atoms with E-state index in [2.05, 4.69) is 44.0 Å². The molecule has 0 unspecified atom stereocenters. The summed E-state index contributed by atoms with van der Waals surface area (Å²) in [5.41, 5.74) is 0. The average Bonchev–Trinajstić information content (AvgIpc) is 2.03. The lowest BCUT2D eigenvalue weighted by atomic mass is 10.4. The fourth-order valence-electron chi connectivity index (χ4n) is 0.612. The molecule has 0 saturated heterocycles. The van der Waals surface area contributed by atoms with Crippen molar-refractivity contribution in [2.45, 2.75) is 4.90 Å². The Kier molecular flexibility index (Phi) is 4.26. The van der Waals surface area contributed by atoms with Gasteiger partial charge in [-0.1, -0.05) is 30.0 Å². The Labute approximate surface area is 87.3 Å². The van der Waals surface area contributed by atoms with Crippen molar-refractivity contribution in [3.05, 3.63) is 39.1 Å². The van der Waals surface area contributed by atoms with E-state index in [1.807, 2.05) is 23.6 Å². The van der Waals surface area contributed by atoms with Crippen LogP contribution in [0.5, 0.6) is 0 Å². The Morgan fingerprint density at radius 3 is 2.36 bits per heavy atom. The Hall–Kier alpha value is 0.270. The third kappa shape index (κ3) is 3.99. The normalized spacial score (nSPS) is 9.27. The highest BCUT2D eigenvalue weighted by molar-refractivity contribution is 9.28. The molecule has 0 fully saturated rings. The molecule has 58 valence electrons. The largest absolute Gasteiger partial charge is 0.0963 e. The topological polar surface area (TPSA) is 0 Å². The van der Waals surface area contributed by atoms with Gasteiger partial charge in [-0.05, 0) is 49.4 Å². The minimum absolute atomic E-state index is 0.971. The molecule has 0 amide bonds. The first kappa shape index (κ1) is 9.36. The highest BCUT2D eigenvalue weighted by Gasteiger charge is 1.87. The zero-order valence-corrected chi connectivity index (χ0v) is 9.62. The van der Waals surface area contributed by atoms with Crippen LogP contribution in [0.4, 0.5) is 0 Å². The maximum absolute atomic E-state index is 3.29. The maximum Gasteiger partial charge on any atom is 0.0670 e. The summed E-state index contributed by atoms with van der Waals surface area (Å²) < 4.78 is 0.971. The molecule has 0 heterocycles. The van der Waals surface area contributed by atoms with E-state index in [9.17, 15) is 0 Å². The van der Waals surface area contributed by atoms with E-state index >= 15 is 0 Å². The van der Waals surface area contributed by atoms with E-state index in [4.69, 9.17) is 0 Å². The van der Waals surface area contributed by atoms with Crippen molar-refractivity contribution < 1.29 is 0 Å². The van der Waals surface area contributed by atoms with Gasteiger partial charge in [0.1, 0.15) is 0 Å². The van der Waals surface area contributed by atoms with Gasteiger partial charge in [-0.15, -0.1) is 0 Å². The number of rotatable bonds is 2. The van der Waals surface area contributed by atoms with Crippen molar-refractivity contribution in [3.63, 3.8) is 0 Å². The second-order valence-electron chi connectivity index (χ2n) is 1.84. The molecule has 1 aromatic carbocycles. The summed E-state index contributed by atoms with van der Waals surface area (Å²) >= 11 is 8.25. The Bertz CT molecular complexity index is 240. The lowest BCUT2D eigenvalue weighted by molar-refractivity contribution is 1.47. The monoisotopic (exact) mass is 292 g/mol. The van der Waals surface area contributed by atoms with Gasteiger partial charge in [0.05, 0.1) is 3.39 Å². The standard InChI is InChI=1S/C8H6Br2S/c9-8(10)6-11-7-4-2-1-3-5-7/h1-6H. The van der Waals surface area contributed by atoms with Crippen molar-refractivity contribution in [1.29, 1.82) is 0 Å². The molecule has 3 heteroatoms.